The van der Waals surface area contributed by atoms with Crippen molar-refractivity contribution in [3.63, 3.8) is 0 Å². The molecule has 0 atom stereocenters. The summed E-state index contributed by atoms with van der Waals surface area (Å²) >= 11 is 0. The van der Waals surface area contributed by atoms with Crippen molar-refractivity contribution in [1.82, 2.24) is 10.2 Å². The number of anilines is 1. The average Bonchev–Trinajstić information content (AvgIpc) is 2.63. The van der Waals surface area contributed by atoms with Crippen LogP contribution in [0.25, 0.3) is 11.3 Å². The van der Waals surface area contributed by atoms with Gasteiger partial charge in [0.2, 0.25) is 5.91 Å². The maximum Gasteiger partial charge on any atom is 0.225 e. The number of benzene rings is 2. The highest BCUT2D eigenvalue weighted by Gasteiger charge is 2.06. The van der Waals surface area contributed by atoms with Gasteiger partial charge in [0.1, 0.15) is 5.82 Å². The molecular weight excluding hydrogens is 305 g/mol. The molecule has 5 heteroatoms. The lowest BCUT2D eigenvalue weighted by Gasteiger charge is -2.05. The molecule has 120 valence electrons. The van der Waals surface area contributed by atoms with Crippen LogP contribution >= 0.6 is 0 Å². The minimum absolute atomic E-state index is 0.152. The van der Waals surface area contributed by atoms with Gasteiger partial charge in [-0.1, -0.05) is 42.5 Å². The Hall–Kier alpha value is -3.08. The van der Waals surface area contributed by atoms with Gasteiger partial charge in [0.15, 0.2) is 5.82 Å². The lowest BCUT2D eigenvalue weighted by atomic mass is 10.1. The summed E-state index contributed by atoms with van der Waals surface area (Å²) in [6, 6.07) is 19.4. The summed E-state index contributed by atoms with van der Waals surface area (Å²) in [7, 11) is 0. The number of rotatable bonds is 5. The van der Waals surface area contributed by atoms with Gasteiger partial charge in [-0.2, -0.15) is 0 Å². The van der Waals surface area contributed by atoms with E-state index in [1.54, 1.807) is 18.2 Å². The molecule has 1 heterocycles. The topological polar surface area (TPSA) is 54.9 Å². The first kappa shape index (κ1) is 15.8. The third-order valence-corrected chi connectivity index (χ3v) is 3.56. The summed E-state index contributed by atoms with van der Waals surface area (Å²) in [4.78, 5) is 12.0. The van der Waals surface area contributed by atoms with Crippen molar-refractivity contribution in [3.8, 4) is 11.3 Å². The van der Waals surface area contributed by atoms with Gasteiger partial charge in [-0.15, -0.1) is 10.2 Å². The van der Waals surface area contributed by atoms with Crippen molar-refractivity contribution < 1.29 is 9.18 Å². The Labute approximate surface area is 139 Å². The Balaban J connectivity index is 1.55. The summed E-state index contributed by atoms with van der Waals surface area (Å²) < 4.78 is 12.8. The molecule has 4 nitrogen and oxygen atoms in total. The first-order valence-electron chi connectivity index (χ1n) is 7.64. The van der Waals surface area contributed by atoms with Gasteiger partial charge in [-0.3, -0.25) is 4.79 Å². The van der Waals surface area contributed by atoms with Crippen molar-refractivity contribution in [1.29, 1.82) is 0 Å². The first-order valence-corrected chi connectivity index (χ1v) is 7.64. The summed E-state index contributed by atoms with van der Waals surface area (Å²) in [6.07, 6.45) is 0.843. The molecule has 0 radical (unpaired) electrons. The van der Waals surface area contributed by atoms with E-state index in [0.717, 1.165) is 16.8 Å². The predicted molar refractivity (Wildman–Crippen MR) is 90.8 cm³/mol. The van der Waals surface area contributed by atoms with Gasteiger partial charge in [-0.05, 0) is 36.2 Å². The van der Waals surface area contributed by atoms with Gasteiger partial charge in [0, 0.05) is 12.0 Å². The fourth-order valence-corrected chi connectivity index (χ4v) is 2.28. The molecule has 24 heavy (non-hydrogen) atoms. The van der Waals surface area contributed by atoms with Crippen molar-refractivity contribution in [2.24, 2.45) is 0 Å². The Bertz CT molecular complexity index is 802. The lowest BCUT2D eigenvalue weighted by molar-refractivity contribution is -0.116. The van der Waals surface area contributed by atoms with Crippen LogP contribution in [-0.4, -0.2) is 16.1 Å². The second-order valence-electron chi connectivity index (χ2n) is 5.34. The molecule has 0 aliphatic rings. The highest BCUT2D eigenvalue weighted by atomic mass is 19.1. The number of hydrogen-bond donors (Lipinski definition) is 1. The zero-order valence-electron chi connectivity index (χ0n) is 12.9. The van der Waals surface area contributed by atoms with Crippen LogP contribution in [0, 0.1) is 5.82 Å². The second-order valence-corrected chi connectivity index (χ2v) is 5.34. The Morgan fingerprint density at radius 1 is 0.917 bits per heavy atom. The molecule has 2 aromatic carbocycles. The van der Waals surface area contributed by atoms with E-state index in [0.29, 0.717) is 18.7 Å². The molecule has 1 aromatic heterocycles. The van der Waals surface area contributed by atoms with Crippen LogP contribution in [0.3, 0.4) is 0 Å². The number of carbonyl (C=O) groups excluding carboxylic acids is 1. The van der Waals surface area contributed by atoms with Crippen molar-refractivity contribution in [2.45, 2.75) is 12.8 Å². The number of halogens is 1. The molecule has 0 aliphatic carbocycles. The summed E-state index contributed by atoms with van der Waals surface area (Å²) in [5.41, 5.74) is 2.64. The maximum atomic E-state index is 12.8. The average molecular weight is 321 g/mol. The molecule has 1 N–H and O–H groups in total. The normalized spacial score (nSPS) is 10.4. The molecule has 0 bridgehead atoms. The van der Waals surface area contributed by atoms with Gasteiger partial charge in [0.05, 0.1) is 5.69 Å². The molecule has 0 aliphatic heterocycles. The van der Waals surface area contributed by atoms with E-state index >= 15 is 0 Å². The van der Waals surface area contributed by atoms with Gasteiger partial charge < -0.3 is 5.32 Å². The molecule has 0 spiro atoms. The minimum Gasteiger partial charge on any atom is -0.309 e. The van der Waals surface area contributed by atoms with Gasteiger partial charge in [0.25, 0.3) is 0 Å². The molecular formula is C19H16FN3O. The Morgan fingerprint density at radius 3 is 2.33 bits per heavy atom. The number of carbonyl (C=O) groups is 1. The highest BCUT2D eigenvalue weighted by molar-refractivity contribution is 5.89. The van der Waals surface area contributed by atoms with Crippen molar-refractivity contribution in [3.05, 3.63) is 78.1 Å². The second kappa shape index (κ2) is 7.46. The van der Waals surface area contributed by atoms with E-state index in [2.05, 4.69) is 15.5 Å². The third-order valence-electron chi connectivity index (χ3n) is 3.56. The fraction of sp³-hybridized carbons (Fsp3) is 0.105. The summed E-state index contributed by atoms with van der Waals surface area (Å²) in [6.45, 7) is 0. The molecule has 0 saturated carbocycles. The van der Waals surface area contributed by atoms with Crippen LogP contribution in [-0.2, 0) is 11.2 Å². The largest absolute Gasteiger partial charge is 0.309 e. The van der Waals surface area contributed by atoms with Crippen LogP contribution in [0.5, 0.6) is 0 Å². The maximum absolute atomic E-state index is 12.8. The van der Waals surface area contributed by atoms with E-state index in [9.17, 15) is 9.18 Å². The number of nitrogens with one attached hydrogen (secondary N) is 1. The molecule has 0 saturated heterocycles. The van der Waals surface area contributed by atoms with Crippen molar-refractivity contribution >= 4 is 11.7 Å². The molecule has 3 rings (SSSR count). The predicted octanol–water partition coefficient (Wildman–Crippen LogP) is 3.85. The number of amides is 1. The number of nitrogens with zero attached hydrogens (tertiary/aromatic N) is 2. The fourth-order valence-electron chi connectivity index (χ4n) is 2.28. The zero-order valence-corrected chi connectivity index (χ0v) is 12.9. The third kappa shape index (κ3) is 4.23. The molecule has 0 unspecified atom stereocenters. The molecule has 1 amide bonds. The SMILES string of the molecule is O=C(CCc1ccc(F)cc1)Nc1ccc(-c2ccccc2)nn1. The molecule has 3 aromatic rings. The van der Waals surface area contributed by atoms with Crippen LogP contribution in [0.2, 0.25) is 0 Å². The number of aryl methyl sites for hydroxylation is 1. The minimum atomic E-state index is -0.281. The van der Waals surface area contributed by atoms with Crippen LogP contribution in [0.1, 0.15) is 12.0 Å². The van der Waals surface area contributed by atoms with Gasteiger partial charge in [-0.25, -0.2) is 4.39 Å². The lowest BCUT2D eigenvalue weighted by Crippen LogP contribution is -2.13. The smallest absolute Gasteiger partial charge is 0.225 e. The summed E-state index contributed by atoms with van der Waals surface area (Å²) in [5, 5.41) is 10.9. The Kier molecular flexibility index (Phi) is 4.91. The number of aromatic nitrogens is 2. The standard InChI is InChI=1S/C19H16FN3O/c20-16-9-6-14(7-10-16)8-13-19(24)21-18-12-11-17(22-23-18)15-4-2-1-3-5-15/h1-7,9-12H,8,13H2,(H,21,23,24). The van der Waals surface area contributed by atoms with E-state index in [-0.39, 0.29) is 11.7 Å². The van der Waals surface area contributed by atoms with E-state index in [1.165, 1.54) is 12.1 Å². The molecule has 0 fully saturated rings. The highest BCUT2D eigenvalue weighted by Crippen LogP contribution is 2.16. The van der Waals surface area contributed by atoms with E-state index in [4.69, 9.17) is 0 Å². The number of hydrogen-bond acceptors (Lipinski definition) is 3. The van der Waals surface area contributed by atoms with Crippen LogP contribution < -0.4 is 5.32 Å². The first-order chi connectivity index (χ1) is 11.7. The Morgan fingerprint density at radius 2 is 1.67 bits per heavy atom. The van der Waals surface area contributed by atoms with Crippen molar-refractivity contribution in [2.75, 3.05) is 5.32 Å². The van der Waals surface area contributed by atoms with E-state index in [1.807, 2.05) is 36.4 Å². The monoisotopic (exact) mass is 321 g/mol. The quantitative estimate of drug-likeness (QED) is 0.776. The van der Waals surface area contributed by atoms with E-state index < -0.39 is 0 Å². The van der Waals surface area contributed by atoms with Crippen LogP contribution in [0.4, 0.5) is 10.2 Å². The van der Waals surface area contributed by atoms with Gasteiger partial charge >= 0.3 is 0 Å². The van der Waals surface area contributed by atoms with Crippen LogP contribution in [0.15, 0.2) is 66.7 Å². The zero-order chi connectivity index (χ0) is 16.8. The summed E-state index contributed by atoms with van der Waals surface area (Å²) in [5.74, 6) is -0.0168.